The molecule has 2 aromatic rings. The summed E-state index contributed by atoms with van der Waals surface area (Å²) in [5.74, 6) is 0.798. The van der Waals surface area contributed by atoms with E-state index in [1.165, 1.54) is 0 Å². The smallest absolute Gasteiger partial charge is 0.160 e. The van der Waals surface area contributed by atoms with E-state index >= 15 is 0 Å². The number of carbonyl (C=O) groups is 1. The van der Waals surface area contributed by atoms with Crippen molar-refractivity contribution in [2.24, 2.45) is 0 Å². The third-order valence-electron chi connectivity index (χ3n) is 2.70. The van der Waals surface area contributed by atoms with E-state index in [1.807, 2.05) is 38.1 Å². The molecule has 17 heavy (non-hydrogen) atoms. The lowest BCUT2D eigenvalue weighted by Crippen LogP contribution is -1.99. The predicted molar refractivity (Wildman–Crippen MR) is 66.9 cm³/mol. The Morgan fingerprint density at radius 2 is 1.82 bits per heavy atom. The number of hydrogen-bond donors (Lipinski definition) is 0. The maximum atomic E-state index is 11.6. The number of ketones is 1. The highest BCUT2D eigenvalue weighted by atomic mass is 16.1. The third kappa shape index (κ3) is 2.23. The fourth-order valence-electron chi connectivity index (χ4n) is 1.87. The van der Waals surface area contributed by atoms with Crippen molar-refractivity contribution in [1.29, 1.82) is 0 Å². The lowest BCUT2D eigenvalue weighted by molar-refractivity contribution is 0.101. The largest absolute Gasteiger partial charge is 0.294 e. The SMILES string of the molecule is CC(=O)c1ccccc1-c1cnc(C)nc1C. The minimum absolute atomic E-state index is 0.0561. The quantitative estimate of drug-likeness (QED) is 0.739. The number of nitrogens with zero attached hydrogens (tertiary/aromatic N) is 2. The zero-order valence-electron chi connectivity index (χ0n) is 10.2. The van der Waals surface area contributed by atoms with Gasteiger partial charge in [-0.2, -0.15) is 0 Å². The molecular formula is C14H14N2O. The Morgan fingerprint density at radius 3 is 2.47 bits per heavy atom. The first-order valence-electron chi connectivity index (χ1n) is 5.50. The molecule has 0 saturated carbocycles. The second-order valence-corrected chi connectivity index (χ2v) is 4.02. The number of hydrogen-bond acceptors (Lipinski definition) is 3. The first kappa shape index (κ1) is 11.5. The molecule has 86 valence electrons. The van der Waals surface area contributed by atoms with Gasteiger partial charge in [0.2, 0.25) is 0 Å². The van der Waals surface area contributed by atoms with Crippen LogP contribution in [-0.2, 0) is 0 Å². The molecule has 1 heterocycles. The topological polar surface area (TPSA) is 42.9 Å². The van der Waals surface area contributed by atoms with Crippen molar-refractivity contribution in [2.75, 3.05) is 0 Å². The number of rotatable bonds is 2. The van der Waals surface area contributed by atoms with Crippen LogP contribution in [0.2, 0.25) is 0 Å². The molecule has 0 unspecified atom stereocenters. The minimum atomic E-state index is 0.0561. The molecule has 3 heteroatoms. The van der Waals surface area contributed by atoms with Gasteiger partial charge in [0.15, 0.2) is 5.78 Å². The second kappa shape index (κ2) is 4.45. The Hall–Kier alpha value is -2.03. The average Bonchev–Trinajstić information content (AvgIpc) is 2.29. The van der Waals surface area contributed by atoms with E-state index in [-0.39, 0.29) is 5.78 Å². The van der Waals surface area contributed by atoms with E-state index in [4.69, 9.17) is 0 Å². The zero-order valence-corrected chi connectivity index (χ0v) is 10.2. The van der Waals surface area contributed by atoms with Crippen molar-refractivity contribution in [3.8, 4) is 11.1 Å². The van der Waals surface area contributed by atoms with Crippen LogP contribution >= 0.6 is 0 Å². The van der Waals surface area contributed by atoms with Gasteiger partial charge in [0.05, 0.1) is 0 Å². The molecule has 0 fully saturated rings. The summed E-state index contributed by atoms with van der Waals surface area (Å²) >= 11 is 0. The number of Topliss-reactive ketones (excluding diaryl/α,β-unsaturated/α-hetero) is 1. The van der Waals surface area contributed by atoms with Crippen LogP contribution in [0.4, 0.5) is 0 Å². The number of aromatic nitrogens is 2. The Morgan fingerprint density at radius 1 is 1.12 bits per heavy atom. The minimum Gasteiger partial charge on any atom is -0.294 e. The standard InChI is InChI=1S/C14H14N2O/c1-9-14(8-15-11(3)16-9)13-7-5-4-6-12(13)10(2)17/h4-8H,1-3H3. The van der Waals surface area contributed by atoms with Crippen LogP contribution in [0, 0.1) is 13.8 Å². The van der Waals surface area contributed by atoms with Crippen LogP contribution in [0.1, 0.15) is 28.8 Å². The van der Waals surface area contributed by atoms with Crippen LogP contribution < -0.4 is 0 Å². The van der Waals surface area contributed by atoms with Crippen LogP contribution in [-0.4, -0.2) is 15.8 Å². The molecule has 0 amide bonds. The Balaban J connectivity index is 2.64. The normalized spacial score (nSPS) is 10.3. The van der Waals surface area contributed by atoms with E-state index in [9.17, 15) is 4.79 Å². The average molecular weight is 226 g/mol. The fraction of sp³-hybridized carbons (Fsp3) is 0.214. The summed E-state index contributed by atoms with van der Waals surface area (Å²) in [5, 5.41) is 0. The molecule has 0 atom stereocenters. The summed E-state index contributed by atoms with van der Waals surface area (Å²) in [5.41, 5.74) is 3.42. The fourth-order valence-corrected chi connectivity index (χ4v) is 1.87. The van der Waals surface area contributed by atoms with E-state index < -0.39 is 0 Å². The van der Waals surface area contributed by atoms with Crippen molar-refractivity contribution in [3.63, 3.8) is 0 Å². The summed E-state index contributed by atoms with van der Waals surface area (Å²) in [6, 6.07) is 7.54. The van der Waals surface area contributed by atoms with Crippen LogP contribution in [0.5, 0.6) is 0 Å². The van der Waals surface area contributed by atoms with E-state index in [0.717, 1.165) is 22.6 Å². The number of benzene rings is 1. The first-order chi connectivity index (χ1) is 8.09. The van der Waals surface area contributed by atoms with Gasteiger partial charge in [0.25, 0.3) is 0 Å². The van der Waals surface area contributed by atoms with Gasteiger partial charge in [-0.25, -0.2) is 9.97 Å². The summed E-state index contributed by atoms with van der Waals surface area (Å²) in [6.45, 7) is 5.36. The van der Waals surface area contributed by atoms with Crippen LogP contribution in [0.3, 0.4) is 0 Å². The van der Waals surface area contributed by atoms with Gasteiger partial charge in [-0.05, 0) is 26.3 Å². The van der Waals surface area contributed by atoms with E-state index in [1.54, 1.807) is 13.1 Å². The molecular weight excluding hydrogens is 212 g/mol. The second-order valence-electron chi connectivity index (χ2n) is 4.02. The van der Waals surface area contributed by atoms with E-state index in [2.05, 4.69) is 9.97 Å². The highest BCUT2D eigenvalue weighted by Gasteiger charge is 2.11. The molecule has 3 nitrogen and oxygen atoms in total. The maximum absolute atomic E-state index is 11.6. The summed E-state index contributed by atoms with van der Waals surface area (Å²) < 4.78 is 0. The summed E-state index contributed by atoms with van der Waals surface area (Å²) in [7, 11) is 0. The lowest BCUT2D eigenvalue weighted by Gasteiger charge is -2.09. The molecule has 1 aromatic carbocycles. The molecule has 1 aromatic heterocycles. The van der Waals surface area contributed by atoms with Gasteiger partial charge in [-0.15, -0.1) is 0 Å². The summed E-state index contributed by atoms with van der Waals surface area (Å²) in [4.78, 5) is 20.1. The Bertz CT molecular complexity index is 576. The molecule has 0 aliphatic rings. The van der Waals surface area contributed by atoms with Crippen molar-refractivity contribution < 1.29 is 4.79 Å². The van der Waals surface area contributed by atoms with Crippen LogP contribution in [0.25, 0.3) is 11.1 Å². The molecule has 0 radical (unpaired) electrons. The maximum Gasteiger partial charge on any atom is 0.160 e. The van der Waals surface area contributed by atoms with Crippen LogP contribution in [0.15, 0.2) is 30.5 Å². The molecule has 0 aliphatic heterocycles. The van der Waals surface area contributed by atoms with E-state index in [0.29, 0.717) is 5.56 Å². The molecule has 0 N–H and O–H groups in total. The first-order valence-corrected chi connectivity index (χ1v) is 5.50. The van der Waals surface area contributed by atoms with Gasteiger partial charge < -0.3 is 0 Å². The molecule has 2 rings (SSSR count). The Labute approximate surface area is 101 Å². The van der Waals surface area contributed by atoms with Gasteiger partial charge in [-0.3, -0.25) is 4.79 Å². The predicted octanol–water partition coefficient (Wildman–Crippen LogP) is 2.96. The monoisotopic (exact) mass is 226 g/mol. The zero-order chi connectivity index (χ0) is 12.4. The molecule has 0 bridgehead atoms. The highest BCUT2D eigenvalue weighted by Crippen LogP contribution is 2.25. The number of aryl methyl sites for hydroxylation is 2. The number of carbonyl (C=O) groups excluding carboxylic acids is 1. The molecule has 0 saturated heterocycles. The van der Waals surface area contributed by atoms with Crippen molar-refractivity contribution in [1.82, 2.24) is 9.97 Å². The van der Waals surface area contributed by atoms with Crippen molar-refractivity contribution >= 4 is 5.78 Å². The van der Waals surface area contributed by atoms with Crippen molar-refractivity contribution in [2.45, 2.75) is 20.8 Å². The summed E-state index contributed by atoms with van der Waals surface area (Å²) in [6.07, 6.45) is 1.78. The van der Waals surface area contributed by atoms with Gasteiger partial charge in [0, 0.05) is 23.0 Å². The lowest BCUT2D eigenvalue weighted by atomic mass is 9.98. The third-order valence-corrected chi connectivity index (χ3v) is 2.70. The molecule has 0 spiro atoms. The van der Waals surface area contributed by atoms with Gasteiger partial charge in [-0.1, -0.05) is 24.3 Å². The Kier molecular flexibility index (Phi) is 3.00. The van der Waals surface area contributed by atoms with Gasteiger partial charge in [0.1, 0.15) is 5.82 Å². The van der Waals surface area contributed by atoms with Crippen molar-refractivity contribution in [3.05, 3.63) is 47.5 Å². The highest BCUT2D eigenvalue weighted by molar-refractivity contribution is 6.00. The van der Waals surface area contributed by atoms with Gasteiger partial charge >= 0.3 is 0 Å². The molecule has 0 aliphatic carbocycles.